The van der Waals surface area contributed by atoms with Crippen molar-refractivity contribution in [2.24, 2.45) is 11.1 Å². The van der Waals surface area contributed by atoms with Crippen LogP contribution in [0.2, 0.25) is 4.34 Å². The first-order chi connectivity index (χ1) is 9.43. The van der Waals surface area contributed by atoms with Crippen LogP contribution >= 0.6 is 22.9 Å². The molecule has 1 saturated heterocycles. The fourth-order valence-corrected chi connectivity index (χ4v) is 4.37. The summed E-state index contributed by atoms with van der Waals surface area (Å²) in [4.78, 5) is 3.91. The highest BCUT2D eigenvalue weighted by Crippen LogP contribution is 2.37. The first kappa shape index (κ1) is 16.3. The van der Waals surface area contributed by atoms with Gasteiger partial charge in [0.25, 0.3) is 0 Å². The summed E-state index contributed by atoms with van der Waals surface area (Å²) in [7, 11) is 0. The van der Waals surface area contributed by atoms with Gasteiger partial charge in [-0.15, -0.1) is 11.3 Å². The molecule has 114 valence electrons. The van der Waals surface area contributed by atoms with Crippen LogP contribution < -0.4 is 5.73 Å². The smallest absolute Gasteiger partial charge is 0.0931 e. The Bertz CT molecular complexity index is 430. The first-order valence-electron chi connectivity index (χ1n) is 7.68. The summed E-state index contributed by atoms with van der Waals surface area (Å²) in [5.41, 5.74) is 6.89. The third kappa shape index (κ3) is 3.97. The van der Waals surface area contributed by atoms with E-state index in [0.29, 0.717) is 11.5 Å². The van der Waals surface area contributed by atoms with Gasteiger partial charge in [-0.2, -0.15) is 0 Å². The van der Waals surface area contributed by atoms with Gasteiger partial charge < -0.3 is 5.73 Å². The lowest BCUT2D eigenvalue weighted by atomic mass is 9.85. The Balaban J connectivity index is 2.18. The van der Waals surface area contributed by atoms with E-state index in [4.69, 9.17) is 17.3 Å². The van der Waals surface area contributed by atoms with Gasteiger partial charge in [-0.3, -0.25) is 4.90 Å². The van der Waals surface area contributed by atoms with E-state index in [1.807, 2.05) is 6.07 Å². The van der Waals surface area contributed by atoms with E-state index < -0.39 is 0 Å². The summed E-state index contributed by atoms with van der Waals surface area (Å²) in [6.07, 6.45) is 4.82. The normalized spacial score (nSPS) is 23.2. The zero-order chi connectivity index (χ0) is 14.8. The third-order valence-corrected chi connectivity index (χ3v) is 5.83. The number of nitrogens with two attached hydrogens (primary N) is 1. The highest BCUT2D eigenvalue weighted by Gasteiger charge is 2.31. The van der Waals surface area contributed by atoms with E-state index >= 15 is 0 Å². The molecule has 0 spiro atoms. The maximum absolute atomic E-state index is 6.43. The maximum atomic E-state index is 6.43. The minimum absolute atomic E-state index is 0.186. The number of nitrogens with zero attached hydrogens (tertiary/aromatic N) is 1. The number of likely N-dealkylation sites (tertiary alicyclic amines) is 1. The lowest BCUT2D eigenvalue weighted by Gasteiger charge is -2.34. The molecule has 0 saturated carbocycles. The van der Waals surface area contributed by atoms with Gasteiger partial charge in [-0.25, -0.2) is 0 Å². The average molecular weight is 315 g/mol. The second-order valence-corrected chi connectivity index (χ2v) is 8.46. The van der Waals surface area contributed by atoms with Crippen molar-refractivity contribution in [3.63, 3.8) is 0 Å². The molecule has 0 aliphatic carbocycles. The van der Waals surface area contributed by atoms with Crippen LogP contribution in [-0.4, -0.2) is 24.0 Å². The zero-order valence-electron chi connectivity index (χ0n) is 12.9. The van der Waals surface area contributed by atoms with Crippen LogP contribution in [0, 0.1) is 5.41 Å². The minimum atomic E-state index is 0.186. The highest BCUT2D eigenvalue weighted by molar-refractivity contribution is 7.16. The molecule has 1 aliphatic heterocycles. The van der Waals surface area contributed by atoms with Crippen molar-refractivity contribution in [3.05, 3.63) is 21.3 Å². The van der Waals surface area contributed by atoms with Crippen LogP contribution in [0.15, 0.2) is 12.1 Å². The number of thiophene rings is 1. The summed E-state index contributed by atoms with van der Waals surface area (Å²) in [5.74, 6) is 0. The SMILES string of the molecule is CCC(N)C(c1ccc(Cl)s1)N1CCCC(C)(C)CC1. The highest BCUT2D eigenvalue weighted by atomic mass is 35.5. The number of halogens is 1. The third-order valence-electron chi connectivity index (χ3n) is 4.53. The molecule has 2 atom stereocenters. The average Bonchev–Trinajstić information content (AvgIpc) is 2.73. The van der Waals surface area contributed by atoms with Crippen LogP contribution in [0.1, 0.15) is 57.4 Å². The Morgan fingerprint density at radius 1 is 1.35 bits per heavy atom. The Morgan fingerprint density at radius 2 is 2.10 bits per heavy atom. The zero-order valence-corrected chi connectivity index (χ0v) is 14.4. The molecule has 0 aromatic carbocycles. The quantitative estimate of drug-likeness (QED) is 0.873. The molecule has 1 aliphatic rings. The van der Waals surface area contributed by atoms with Crippen LogP contribution in [0.25, 0.3) is 0 Å². The first-order valence-corrected chi connectivity index (χ1v) is 8.87. The van der Waals surface area contributed by atoms with Gasteiger partial charge in [0.15, 0.2) is 0 Å². The standard InChI is InChI=1S/C16H27ClN2S/c1-4-12(18)15(13-6-7-14(17)20-13)19-10-5-8-16(2,3)9-11-19/h6-7,12,15H,4-5,8-11,18H2,1-3H3. The Kier molecular flexibility index (Phi) is 5.52. The Hall–Kier alpha value is -0.0900. The molecule has 2 N–H and O–H groups in total. The van der Waals surface area contributed by atoms with Gasteiger partial charge in [-0.1, -0.05) is 32.4 Å². The van der Waals surface area contributed by atoms with Crippen molar-refractivity contribution in [2.75, 3.05) is 13.1 Å². The van der Waals surface area contributed by atoms with Gasteiger partial charge >= 0.3 is 0 Å². The fourth-order valence-electron chi connectivity index (χ4n) is 3.09. The van der Waals surface area contributed by atoms with E-state index in [1.165, 1.54) is 24.1 Å². The summed E-state index contributed by atoms with van der Waals surface area (Å²) >= 11 is 7.81. The predicted octanol–water partition coefficient (Wildman–Crippen LogP) is 4.69. The lowest BCUT2D eigenvalue weighted by molar-refractivity contribution is 0.171. The van der Waals surface area contributed by atoms with Crippen LogP contribution in [0.3, 0.4) is 0 Å². The number of rotatable bonds is 4. The van der Waals surface area contributed by atoms with E-state index in [9.17, 15) is 0 Å². The molecular weight excluding hydrogens is 288 g/mol. The van der Waals surface area contributed by atoms with Crippen molar-refractivity contribution >= 4 is 22.9 Å². The van der Waals surface area contributed by atoms with Crippen molar-refractivity contribution in [1.29, 1.82) is 0 Å². The minimum Gasteiger partial charge on any atom is -0.326 e. The Morgan fingerprint density at radius 3 is 2.70 bits per heavy atom. The molecule has 0 amide bonds. The van der Waals surface area contributed by atoms with Crippen molar-refractivity contribution in [3.8, 4) is 0 Å². The largest absolute Gasteiger partial charge is 0.326 e. The molecule has 2 heterocycles. The molecule has 2 unspecified atom stereocenters. The van der Waals surface area contributed by atoms with Gasteiger partial charge in [0.05, 0.1) is 10.4 Å². The molecule has 4 heteroatoms. The van der Waals surface area contributed by atoms with Crippen molar-refractivity contribution in [1.82, 2.24) is 4.90 Å². The van der Waals surface area contributed by atoms with Crippen LogP contribution in [-0.2, 0) is 0 Å². The molecular formula is C16H27ClN2S. The number of hydrogen-bond donors (Lipinski definition) is 1. The van der Waals surface area contributed by atoms with E-state index in [0.717, 1.165) is 23.8 Å². The molecule has 2 nitrogen and oxygen atoms in total. The van der Waals surface area contributed by atoms with Crippen LogP contribution in [0.5, 0.6) is 0 Å². The van der Waals surface area contributed by atoms with Gasteiger partial charge in [-0.05, 0) is 56.3 Å². The second kappa shape index (κ2) is 6.78. The van der Waals surface area contributed by atoms with Crippen molar-refractivity contribution < 1.29 is 0 Å². The van der Waals surface area contributed by atoms with Crippen molar-refractivity contribution in [2.45, 2.75) is 58.5 Å². The molecule has 1 aromatic heterocycles. The fraction of sp³-hybridized carbons (Fsp3) is 0.750. The summed E-state index contributed by atoms with van der Waals surface area (Å²) in [5, 5.41) is 0. The van der Waals surface area contributed by atoms with E-state index in [-0.39, 0.29) is 6.04 Å². The molecule has 1 fully saturated rings. The van der Waals surface area contributed by atoms with Crippen LogP contribution in [0.4, 0.5) is 0 Å². The molecule has 1 aromatic rings. The molecule has 0 radical (unpaired) electrons. The Labute approximate surface area is 132 Å². The maximum Gasteiger partial charge on any atom is 0.0931 e. The monoisotopic (exact) mass is 314 g/mol. The number of hydrogen-bond acceptors (Lipinski definition) is 3. The van der Waals surface area contributed by atoms with Gasteiger partial charge in [0.2, 0.25) is 0 Å². The topological polar surface area (TPSA) is 29.3 Å². The van der Waals surface area contributed by atoms with E-state index in [1.54, 1.807) is 11.3 Å². The summed E-state index contributed by atoms with van der Waals surface area (Å²) < 4.78 is 0.864. The molecule has 20 heavy (non-hydrogen) atoms. The van der Waals surface area contributed by atoms with E-state index in [2.05, 4.69) is 31.7 Å². The lowest BCUT2D eigenvalue weighted by Crippen LogP contribution is -2.41. The predicted molar refractivity (Wildman–Crippen MR) is 89.5 cm³/mol. The summed E-state index contributed by atoms with van der Waals surface area (Å²) in [6.45, 7) is 9.23. The van der Waals surface area contributed by atoms with Gasteiger partial charge in [0.1, 0.15) is 0 Å². The molecule has 0 bridgehead atoms. The molecule has 2 rings (SSSR count). The van der Waals surface area contributed by atoms with Gasteiger partial charge in [0, 0.05) is 10.9 Å². The second-order valence-electron chi connectivity index (χ2n) is 6.71. The summed E-state index contributed by atoms with van der Waals surface area (Å²) in [6, 6.07) is 4.67.